The van der Waals surface area contributed by atoms with Crippen molar-refractivity contribution in [1.29, 1.82) is 0 Å². The van der Waals surface area contributed by atoms with Crippen molar-refractivity contribution in [1.82, 2.24) is 5.32 Å². The zero-order valence-electron chi connectivity index (χ0n) is 6.90. The molecular weight excluding hydrogens is 126 g/mol. The van der Waals surface area contributed by atoms with Crippen molar-refractivity contribution >= 4 is 5.91 Å². The van der Waals surface area contributed by atoms with E-state index in [0.29, 0.717) is 11.5 Å². The quantitative estimate of drug-likeness (QED) is 0.548. The number of hydrogen-bond donors (Lipinski definition) is 1. The van der Waals surface area contributed by atoms with Crippen molar-refractivity contribution in [3.63, 3.8) is 0 Å². The molecule has 0 aliphatic carbocycles. The van der Waals surface area contributed by atoms with E-state index >= 15 is 0 Å². The highest BCUT2D eigenvalue weighted by Gasteiger charge is 2.28. The molecule has 58 valence electrons. The molecule has 1 amide bonds. The summed E-state index contributed by atoms with van der Waals surface area (Å²) in [6, 6.07) is 0.451. The largest absolute Gasteiger partial charge is 0.353 e. The molecule has 1 aliphatic rings. The van der Waals surface area contributed by atoms with Crippen LogP contribution < -0.4 is 5.32 Å². The Balaban J connectivity index is 2.22. The van der Waals surface area contributed by atoms with Crippen LogP contribution in [0.25, 0.3) is 0 Å². The highest BCUT2D eigenvalue weighted by atomic mass is 16.2. The van der Waals surface area contributed by atoms with Gasteiger partial charge in [0.1, 0.15) is 0 Å². The van der Waals surface area contributed by atoms with Crippen molar-refractivity contribution in [2.75, 3.05) is 0 Å². The fourth-order valence-electron chi connectivity index (χ4n) is 1.29. The van der Waals surface area contributed by atoms with E-state index < -0.39 is 0 Å². The molecule has 1 fully saturated rings. The predicted molar refractivity (Wildman–Crippen MR) is 40.6 cm³/mol. The van der Waals surface area contributed by atoms with Crippen molar-refractivity contribution in [2.45, 2.75) is 39.7 Å². The molecule has 0 aromatic rings. The Labute approximate surface area is 62.0 Å². The minimum Gasteiger partial charge on any atom is -0.353 e. The Morgan fingerprint density at radius 2 is 2.10 bits per heavy atom. The third-order valence-corrected chi connectivity index (χ3v) is 1.66. The van der Waals surface area contributed by atoms with Crippen LogP contribution in [0, 0.1) is 5.41 Å². The summed E-state index contributed by atoms with van der Waals surface area (Å²) in [4.78, 5) is 10.5. The lowest BCUT2D eigenvalue weighted by Gasteiger charge is -2.32. The minimum absolute atomic E-state index is 0.203. The third-order valence-electron chi connectivity index (χ3n) is 1.66. The summed E-state index contributed by atoms with van der Waals surface area (Å²) >= 11 is 0. The van der Waals surface area contributed by atoms with Gasteiger partial charge in [-0.3, -0.25) is 4.79 Å². The molecule has 1 heterocycles. The van der Waals surface area contributed by atoms with Crippen LogP contribution >= 0.6 is 0 Å². The molecule has 1 atom stereocenters. The van der Waals surface area contributed by atoms with Gasteiger partial charge in [0.25, 0.3) is 0 Å². The van der Waals surface area contributed by atoms with Gasteiger partial charge in [-0.05, 0) is 11.8 Å². The lowest BCUT2D eigenvalue weighted by Crippen LogP contribution is -2.49. The average molecular weight is 141 g/mol. The zero-order chi connectivity index (χ0) is 7.78. The number of carbonyl (C=O) groups excluding carboxylic acids is 1. The highest BCUT2D eigenvalue weighted by Crippen LogP contribution is 2.24. The maximum Gasteiger partial charge on any atom is 0.222 e. The van der Waals surface area contributed by atoms with Crippen LogP contribution in [-0.4, -0.2) is 11.9 Å². The van der Waals surface area contributed by atoms with Gasteiger partial charge in [-0.25, -0.2) is 0 Å². The first-order valence-corrected chi connectivity index (χ1v) is 3.77. The molecule has 1 rings (SSSR count). The molecule has 2 heteroatoms. The topological polar surface area (TPSA) is 29.1 Å². The first kappa shape index (κ1) is 7.58. The van der Waals surface area contributed by atoms with Crippen LogP contribution in [0.5, 0.6) is 0 Å². The van der Waals surface area contributed by atoms with Gasteiger partial charge in [-0.1, -0.05) is 20.8 Å². The van der Waals surface area contributed by atoms with Crippen LogP contribution in [0.15, 0.2) is 0 Å². The first-order valence-electron chi connectivity index (χ1n) is 3.77. The number of rotatable bonds is 1. The van der Waals surface area contributed by atoms with Gasteiger partial charge in [0.2, 0.25) is 5.91 Å². The van der Waals surface area contributed by atoms with E-state index in [4.69, 9.17) is 0 Å². The van der Waals surface area contributed by atoms with E-state index in [2.05, 4.69) is 26.1 Å². The van der Waals surface area contributed by atoms with Gasteiger partial charge < -0.3 is 5.32 Å². The summed E-state index contributed by atoms with van der Waals surface area (Å²) in [7, 11) is 0. The Morgan fingerprint density at radius 3 is 2.40 bits per heavy atom. The lowest BCUT2D eigenvalue weighted by atomic mass is 9.84. The van der Waals surface area contributed by atoms with E-state index in [1.807, 2.05) is 0 Å². The molecule has 2 nitrogen and oxygen atoms in total. The zero-order valence-corrected chi connectivity index (χ0v) is 6.90. The maximum absolute atomic E-state index is 10.5. The van der Waals surface area contributed by atoms with Crippen LogP contribution in [0.4, 0.5) is 0 Å². The molecule has 1 N–H and O–H groups in total. The van der Waals surface area contributed by atoms with E-state index in [0.717, 1.165) is 12.8 Å². The monoisotopic (exact) mass is 141 g/mol. The Kier molecular flexibility index (Phi) is 1.71. The lowest BCUT2D eigenvalue weighted by molar-refractivity contribution is -0.128. The molecule has 0 aromatic heterocycles. The van der Waals surface area contributed by atoms with Crippen LogP contribution in [0.3, 0.4) is 0 Å². The van der Waals surface area contributed by atoms with Gasteiger partial charge in [0, 0.05) is 12.5 Å². The average Bonchev–Trinajstić information content (AvgIpc) is 1.57. The van der Waals surface area contributed by atoms with Gasteiger partial charge in [-0.15, -0.1) is 0 Å². The van der Waals surface area contributed by atoms with Crippen molar-refractivity contribution in [3.8, 4) is 0 Å². The molecule has 0 bridgehead atoms. The van der Waals surface area contributed by atoms with Crippen LogP contribution in [0.2, 0.25) is 0 Å². The Morgan fingerprint density at radius 1 is 1.60 bits per heavy atom. The second kappa shape index (κ2) is 2.26. The van der Waals surface area contributed by atoms with Crippen LogP contribution in [0.1, 0.15) is 33.6 Å². The van der Waals surface area contributed by atoms with Gasteiger partial charge in [0.05, 0.1) is 0 Å². The van der Waals surface area contributed by atoms with E-state index in [1.165, 1.54) is 0 Å². The van der Waals surface area contributed by atoms with Crippen LogP contribution in [-0.2, 0) is 4.79 Å². The summed E-state index contributed by atoms with van der Waals surface area (Å²) in [5, 5.41) is 2.86. The summed E-state index contributed by atoms with van der Waals surface area (Å²) in [5.41, 5.74) is 0.346. The van der Waals surface area contributed by atoms with E-state index in [-0.39, 0.29) is 5.91 Å². The SMILES string of the molecule is CC(C)(C)CC1CC(=O)N1. The summed E-state index contributed by atoms with van der Waals surface area (Å²) in [6.45, 7) is 6.58. The van der Waals surface area contributed by atoms with E-state index in [1.54, 1.807) is 0 Å². The maximum atomic E-state index is 10.5. The standard InChI is InChI=1S/C8H15NO/c1-8(2,3)5-6-4-7(10)9-6/h6H,4-5H2,1-3H3,(H,9,10). The Hall–Kier alpha value is -0.530. The third kappa shape index (κ3) is 2.01. The highest BCUT2D eigenvalue weighted by molar-refractivity contribution is 5.82. The second-order valence-corrected chi connectivity index (χ2v) is 4.23. The first-order chi connectivity index (χ1) is 4.47. The molecule has 1 aliphatic heterocycles. The molecule has 1 saturated heterocycles. The number of nitrogens with one attached hydrogen (secondary N) is 1. The van der Waals surface area contributed by atoms with Crippen molar-refractivity contribution in [2.24, 2.45) is 5.41 Å². The number of hydrogen-bond acceptors (Lipinski definition) is 1. The molecule has 0 aromatic carbocycles. The van der Waals surface area contributed by atoms with E-state index in [9.17, 15) is 4.79 Å². The fourth-order valence-corrected chi connectivity index (χ4v) is 1.29. The molecule has 0 saturated carbocycles. The van der Waals surface area contributed by atoms with Crippen molar-refractivity contribution in [3.05, 3.63) is 0 Å². The smallest absolute Gasteiger partial charge is 0.222 e. The predicted octanol–water partition coefficient (Wildman–Crippen LogP) is 1.31. The van der Waals surface area contributed by atoms with Crippen molar-refractivity contribution < 1.29 is 4.79 Å². The number of carbonyl (C=O) groups is 1. The van der Waals surface area contributed by atoms with Gasteiger partial charge in [0.15, 0.2) is 0 Å². The van der Waals surface area contributed by atoms with Gasteiger partial charge >= 0.3 is 0 Å². The summed E-state index contributed by atoms with van der Waals surface area (Å²) in [6.07, 6.45) is 1.83. The second-order valence-electron chi connectivity index (χ2n) is 4.23. The minimum atomic E-state index is 0.203. The number of amides is 1. The molecule has 0 radical (unpaired) electrons. The Bertz CT molecular complexity index is 138. The summed E-state index contributed by atoms with van der Waals surface area (Å²) in [5.74, 6) is 0.203. The molecular formula is C8H15NO. The molecule has 1 unspecified atom stereocenters. The molecule has 0 spiro atoms. The summed E-state index contributed by atoms with van der Waals surface area (Å²) < 4.78 is 0. The number of β-lactam (4-membered cyclic amide) rings is 1. The fraction of sp³-hybridized carbons (Fsp3) is 0.875. The van der Waals surface area contributed by atoms with Gasteiger partial charge in [-0.2, -0.15) is 0 Å². The molecule has 10 heavy (non-hydrogen) atoms. The normalized spacial score (nSPS) is 25.5.